The Morgan fingerprint density at radius 3 is 2.75 bits per heavy atom. The quantitative estimate of drug-likeness (QED) is 0.756. The lowest BCUT2D eigenvalue weighted by molar-refractivity contribution is -0.129. The zero-order valence-corrected chi connectivity index (χ0v) is 16.9. The number of hydrogen-bond acceptors (Lipinski definition) is 5. The van der Waals surface area contributed by atoms with Crippen molar-refractivity contribution in [2.45, 2.75) is 26.8 Å². The number of halogens is 2. The SMILES string of the molecule is CCOC(=O)c1c(NC(=O)c2ccc(F)cc2Cl)sc2c1CCN(C(C)=O)C2. The Hall–Kier alpha value is -2.45. The van der Waals surface area contributed by atoms with Crippen molar-refractivity contribution in [2.75, 3.05) is 18.5 Å². The molecule has 0 saturated heterocycles. The molecule has 3 rings (SSSR count). The maximum Gasteiger partial charge on any atom is 0.341 e. The minimum Gasteiger partial charge on any atom is -0.462 e. The smallest absolute Gasteiger partial charge is 0.341 e. The van der Waals surface area contributed by atoms with Crippen LogP contribution in [0, 0.1) is 5.82 Å². The number of amides is 2. The van der Waals surface area contributed by atoms with Crippen molar-refractivity contribution in [3.05, 3.63) is 50.6 Å². The summed E-state index contributed by atoms with van der Waals surface area (Å²) in [7, 11) is 0. The van der Waals surface area contributed by atoms with Crippen LogP contribution in [0.4, 0.5) is 9.39 Å². The van der Waals surface area contributed by atoms with E-state index < -0.39 is 17.7 Å². The molecule has 1 aromatic heterocycles. The van der Waals surface area contributed by atoms with Crippen LogP contribution in [-0.4, -0.2) is 35.8 Å². The first-order chi connectivity index (χ1) is 13.3. The van der Waals surface area contributed by atoms with E-state index in [4.69, 9.17) is 16.3 Å². The summed E-state index contributed by atoms with van der Waals surface area (Å²) < 4.78 is 18.4. The van der Waals surface area contributed by atoms with E-state index in [1.807, 2.05) is 0 Å². The molecule has 0 unspecified atom stereocenters. The first-order valence-corrected chi connectivity index (χ1v) is 9.84. The third-order valence-corrected chi connectivity index (χ3v) is 5.83. The molecule has 0 spiro atoms. The minimum absolute atomic E-state index is 0.0285. The van der Waals surface area contributed by atoms with Crippen LogP contribution in [0.5, 0.6) is 0 Å². The maximum atomic E-state index is 13.2. The molecule has 148 valence electrons. The topological polar surface area (TPSA) is 75.7 Å². The Kier molecular flexibility index (Phi) is 6.00. The van der Waals surface area contributed by atoms with E-state index in [-0.39, 0.29) is 23.1 Å². The molecule has 2 aromatic rings. The number of rotatable bonds is 4. The summed E-state index contributed by atoms with van der Waals surface area (Å²) in [6.45, 7) is 4.24. The number of fused-ring (bicyclic) bond motifs is 1. The van der Waals surface area contributed by atoms with Gasteiger partial charge in [0.05, 0.1) is 29.3 Å². The number of hydrogen-bond donors (Lipinski definition) is 1. The standard InChI is InChI=1S/C19H18ClFN2O4S/c1-3-27-19(26)16-13-6-7-23(10(2)24)9-15(13)28-18(16)22-17(25)12-5-4-11(21)8-14(12)20/h4-5,8H,3,6-7,9H2,1-2H3,(H,22,25). The van der Waals surface area contributed by atoms with Crippen molar-refractivity contribution >= 4 is 45.7 Å². The summed E-state index contributed by atoms with van der Waals surface area (Å²) >= 11 is 7.19. The first kappa shape index (κ1) is 20.3. The van der Waals surface area contributed by atoms with E-state index in [1.165, 1.54) is 24.3 Å². The summed E-state index contributed by atoms with van der Waals surface area (Å²) in [5, 5.41) is 3.00. The number of carbonyl (C=O) groups is 3. The van der Waals surface area contributed by atoms with Crippen LogP contribution in [-0.2, 0) is 22.5 Å². The molecule has 28 heavy (non-hydrogen) atoms. The molecule has 1 aliphatic rings. The second kappa shape index (κ2) is 8.28. The molecule has 2 heterocycles. The molecule has 1 aromatic carbocycles. The van der Waals surface area contributed by atoms with Crippen LogP contribution < -0.4 is 5.32 Å². The normalized spacial score (nSPS) is 13.1. The van der Waals surface area contributed by atoms with Crippen molar-refractivity contribution in [1.82, 2.24) is 4.90 Å². The van der Waals surface area contributed by atoms with E-state index in [1.54, 1.807) is 11.8 Å². The third-order valence-electron chi connectivity index (χ3n) is 4.38. The highest BCUT2D eigenvalue weighted by Crippen LogP contribution is 2.38. The van der Waals surface area contributed by atoms with Crippen LogP contribution in [0.25, 0.3) is 0 Å². The largest absolute Gasteiger partial charge is 0.462 e. The van der Waals surface area contributed by atoms with Gasteiger partial charge >= 0.3 is 5.97 Å². The molecule has 6 nitrogen and oxygen atoms in total. The van der Waals surface area contributed by atoms with Crippen molar-refractivity contribution < 1.29 is 23.5 Å². The molecule has 0 bridgehead atoms. The lowest BCUT2D eigenvalue weighted by Crippen LogP contribution is -2.34. The average molecular weight is 425 g/mol. The number of nitrogens with one attached hydrogen (secondary N) is 1. The van der Waals surface area contributed by atoms with Gasteiger partial charge in [-0.1, -0.05) is 11.6 Å². The fourth-order valence-corrected chi connectivity index (χ4v) is 4.52. The van der Waals surface area contributed by atoms with Gasteiger partial charge in [0.15, 0.2) is 0 Å². The molecule has 0 saturated carbocycles. The highest BCUT2D eigenvalue weighted by atomic mass is 35.5. The van der Waals surface area contributed by atoms with Gasteiger partial charge < -0.3 is 15.0 Å². The van der Waals surface area contributed by atoms with Crippen molar-refractivity contribution in [3.8, 4) is 0 Å². The highest BCUT2D eigenvalue weighted by Gasteiger charge is 2.30. The van der Waals surface area contributed by atoms with E-state index in [2.05, 4.69) is 5.32 Å². The Morgan fingerprint density at radius 1 is 1.36 bits per heavy atom. The Morgan fingerprint density at radius 2 is 2.11 bits per heavy atom. The van der Waals surface area contributed by atoms with Gasteiger partial charge in [-0.05, 0) is 37.1 Å². The van der Waals surface area contributed by atoms with E-state index in [9.17, 15) is 18.8 Å². The summed E-state index contributed by atoms with van der Waals surface area (Å²) in [4.78, 5) is 39.3. The summed E-state index contributed by atoms with van der Waals surface area (Å²) in [6, 6.07) is 3.46. The van der Waals surface area contributed by atoms with E-state index in [0.29, 0.717) is 30.1 Å². The van der Waals surface area contributed by atoms with Crippen LogP contribution in [0.15, 0.2) is 18.2 Å². The lowest BCUT2D eigenvalue weighted by Gasteiger charge is -2.25. The average Bonchev–Trinajstić information content (AvgIpc) is 2.98. The molecule has 0 radical (unpaired) electrons. The van der Waals surface area contributed by atoms with Crippen molar-refractivity contribution in [1.29, 1.82) is 0 Å². The number of thiophene rings is 1. The van der Waals surface area contributed by atoms with Gasteiger partial charge in [0, 0.05) is 18.3 Å². The molecule has 0 aliphatic carbocycles. The molecule has 1 aliphatic heterocycles. The third kappa shape index (κ3) is 4.02. The van der Waals surface area contributed by atoms with Gasteiger partial charge in [0.25, 0.3) is 5.91 Å². The predicted molar refractivity (Wildman–Crippen MR) is 104 cm³/mol. The minimum atomic E-state index is -0.558. The van der Waals surface area contributed by atoms with Crippen molar-refractivity contribution in [3.63, 3.8) is 0 Å². The summed E-state index contributed by atoms with van der Waals surface area (Å²) in [5.41, 5.74) is 1.17. The fourth-order valence-electron chi connectivity index (χ4n) is 3.02. The molecule has 0 atom stereocenters. The van der Waals surface area contributed by atoms with Crippen LogP contribution in [0.1, 0.15) is 45.0 Å². The van der Waals surface area contributed by atoms with Gasteiger partial charge in [-0.15, -0.1) is 11.3 Å². The Bertz CT molecular complexity index is 960. The Balaban J connectivity index is 1.96. The van der Waals surface area contributed by atoms with Crippen LogP contribution in [0.3, 0.4) is 0 Å². The number of esters is 1. The van der Waals surface area contributed by atoms with Gasteiger partial charge in [-0.2, -0.15) is 0 Å². The Labute approximate surface area is 170 Å². The fraction of sp³-hybridized carbons (Fsp3) is 0.316. The molecule has 0 fully saturated rings. The number of carbonyl (C=O) groups excluding carboxylic acids is 3. The van der Waals surface area contributed by atoms with Gasteiger partial charge in [-0.25, -0.2) is 9.18 Å². The highest BCUT2D eigenvalue weighted by molar-refractivity contribution is 7.17. The number of nitrogens with zero attached hydrogens (tertiary/aromatic N) is 1. The zero-order chi connectivity index (χ0) is 20.4. The van der Waals surface area contributed by atoms with Crippen LogP contribution in [0.2, 0.25) is 5.02 Å². The number of benzene rings is 1. The lowest BCUT2D eigenvalue weighted by atomic mass is 10.0. The first-order valence-electron chi connectivity index (χ1n) is 8.65. The molecule has 2 amide bonds. The molecular formula is C19H18ClFN2O4S. The van der Waals surface area contributed by atoms with E-state index >= 15 is 0 Å². The second-order valence-electron chi connectivity index (χ2n) is 6.20. The predicted octanol–water partition coefficient (Wildman–Crippen LogP) is 3.87. The summed E-state index contributed by atoms with van der Waals surface area (Å²) in [5.74, 6) is -1.69. The van der Waals surface area contributed by atoms with Crippen molar-refractivity contribution in [2.24, 2.45) is 0 Å². The number of ether oxygens (including phenoxy) is 1. The van der Waals surface area contributed by atoms with Gasteiger partial charge in [0.1, 0.15) is 10.8 Å². The zero-order valence-electron chi connectivity index (χ0n) is 15.3. The molecular weight excluding hydrogens is 407 g/mol. The monoisotopic (exact) mass is 424 g/mol. The van der Waals surface area contributed by atoms with Crippen LogP contribution >= 0.6 is 22.9 Å². The molecule has 1 N–H and O–H groups in total. The summed E-state index contributed by atoms with van der Waals surface area (Å²) in [6.07, 6.45) is 0.493. The van der Waals surface area contributed by atoms with Gasteiger partial charge in [-0.3, -0.25) is 9.59 Å². The van der Waals surface area contributed by atoms with Gasteiger partial charge in [0.2, 0.25) is 5.91 Å². The van der Waals surface area contributed by atoms with E-state index in [0.717, 1.165) is 22.6 Å². The maximum absolute atomic E-state index is 13.2. The molecule has 9 heteroatoms. The number of anilines is 1. The second-order valence-corrected chi connectivity index (χ2v) is 7.71.